The molecule has 0 N–H and O–H groups in total. The van der Waals surface area contributed by atoms with Gasteiger partial charge in [-0.15, -0.1) is 0 Å². The number of hydrogen-bond acceptors (Lipinski definition) is 1. The number of hydrogen-bond donors (Lipinski definition) is 0. The van der Waals surface area contributed by atoms with Crippen LogP contribution < -0.4 is 0 Å². The molecule has 82 valence electrons. The minimum atomic E-state index is 0.639. The van der Waals surface area contributed by atoms with E-state index in [1.807, 2.05) is 0 Å². The zero-order chi connectivity index (χ0) is 11.5. The van der Waals surface area contributed by atoms with Gasteiger partial charge in [-0.2, -0.15) is 0 Å². The van der Waals surface area contributed by atoms with Gasteiger partial charge < -0.3 is 0 Å². The molecule has 1 aromatic carbocycles. The van der Waals surface area contributed by atoms with Crippen molar-refractivity contribution in [2.75, 3.05) is 0 Å². The molecule has 0 saturated carbocycles. The maximum atomic E-state index is 9.06. The van der Waals surface area contributed by atoms with E-state index in [4.69, 9.17) is 4.79 Å². The van der Waals surface area contributed by atoms with Crippen LogP contribution >= 0.6 is 0 Å². The summed E-state index contributed by atoms with van der Waals surface area (Å²) in [6.07, 6.45) is 4.40. The number of carbonyl (C=O) groups is 1. The van der Waals surface area contributed by atoms with Crippen molar-refractivity contribution >= 4 is 6.29 Å². The van der Waals surface area contributed by atoms with E-state index >= 15 is 0 Å². The molecular weight excluding hydrogens is 184 g/mol. The summed E-state index contributed by atoms with van der Waals surface area (Å²) in [5, 5.41) is 0. The molecule has 1 aromatic rings. The predicted octanol–water partition coefficient (Wildman–Crippen LogP) is 3.96. The van der Waals surface area contributed by atoms with Crippen molar-refractivity contribution in [2.24, 2.45) is 0 Å². The number of carbonyl (C=O) groups excluding carboxylic acids is 1. The van der Waals surface area contributed by atoms with Crippen LogP contribution in [0.1, 0.15) is 38.2 Å². The lowest BCUT2D eigenvalue weighted by atomic mass is 9.97. The Morgan fingerprint density at radius 2 is 1.87 bits per heavy atom. The predicted molar refractivity (Wildman–Crippen MR) is 66.0 cm³/mol. The minimum absolute atomic E-state index is 0.639. The molecule has 0 heterocycles. The fraction of sp³-hybridized carbons (Fsp3) is 0.357. The lowest BCUT2D eigenvalue weighted by molar-refractivity contribution is -0.104. The number of rotatable bonds is 4. The van der Waals surface area contributed by atoms with E-state index in [0.29, 0.717) is 6.29 Å². The lowest BCUT2D eigenvalue weighted by Crippen LogP contribution is -1.91. The second kappa shape index (κ2) is 9.20. The third kappa shape index (κ3) is 6.67. The fourth-order valence-electron chi connectivity index (χ4n) is 1.38. The molecule has 0 bridgehead atoms. The Balaban J connectivity index is 0.000000423. The molecular formula is C14H20O. The second-order valence-corrected chi connectivity index (χ2v) is 3.47. The largest absolute Gasteiger partial charge is 0.299 e. The van der Waals surface area contributed by atoms with Crippen LogP contribution in [0, 0.1) is 0 Å². The average molecular weight is 204 g/mol. The smallest absolute Gasteiger partial charge is 0.142 e. The zero-order valence-corrected chi connectivity index (χ0v) is 9.65. The normalized spacial score (nSPS) is 10.8. The van der Waals surface area contributed by atoms with Gasteiger partial charge in [-0.25, -0.2) is 0 Å². The van der Waals surface area contributed by atoms with Crippen LogP contribution in [0.25, 0.3) is 0 Å². The van der Waals surface area contributed by atoms with E-state index in [9.17, 15) is 0 Å². The quantitative estimate of drug-likeness (QED) is 0.536. The van der Waals surface area contributed by atoms with Gasteiger partial charge in [-0.3, -0.25) is 4.79 Å². The lowest BCUT2D eigenvalue weighted by Gasteiger charge is -2.08. The summed E-state index contributed by atoms with van der Waals surface area (Å²) in [5.41, 5.74) is 1.47. The van der Waals surface area contributed by atoms with E-state index in [1.165, 1.54) is 24.5 Å². The van der Waals surface area contributed by atoms with Gasteiger partial charge in [0.1, 0.15) is 6.29 Å². The first-order chi connectivity index (χ1) is 7.26. The highest BCUT2D eigenvalue weighted by atomic mass is 16.1. The first kappa shape index (κ1) is 13.6. The van der Waals surface area contributed by atoms with Crippen LogP contribution in [0.2, 0.25) is 0 Å². The minimum Gasteiger partial charge on any atom is -0.299 e. The molecule has 0 amide bonds. The van der Waals surface area contributed by atoms with Crippen molar-refractivity contribution in [3.05, 3.63) is 48.6 Å². The summed E-state index contributed by atoms with van der Waals surface area (Å²) < 4.78 is 0. The highest BCUT2D eigenvalue weighted by Gasteiger charge is 2.01. The van der Waals surface area contributed by atoms with Gasteiger partial charge in [0.15, 0.2) is 0 Å². The fourth-order valence-corrected chi connectivity index (χ4v) is 1.38. The maximum Gasteiger partial charge on any atom is 0.142 e. The number of aldehydes is 1. The van der Waals surface area contributed by atoms with E-state index in [2.05, 4.69) is 50.8 Å². The Hall–Kier alpha value is -1.37. The standard InChI is InChI=1S/C11H16.C3H4O/c1-3-7-10(2)11-8-5-4-6-9-11;1-2-3-4/h4-6,8-10H,3,7H2,1-2H3;2-3H,1H2. The molecule has 0 radical (unpaired) electrons. The monoisotopic (exact) mass is 204 g/mol. The van der Waals surface area contributed by atoms with Crippen LogP contribution in [0.4, 0.5) is 0 Å². The molecule has 0 fully saturated rings. The molecule has 0 aliphatic carbocycles. The Labute approximate surface area is 92.8 Å². The van der Waals surface area contributed by atoms with E-state index in [-0.39, 0.29) is 0 Å². The average Bonchev–Trinajstić information content (AvgIpc) is 2.31. The van der Waals surface area contributed by atoms with Gasteiger partial charge in [-0.05, 0) is 24.0 Å². The van der Waals surface area contributed by atoms with Crippen LogP contribution in [0.3, 0.4) is 0 Å². The van der Waals surface area contributed by atoms with Gasteiger partial charge >= 0.3 is 0 Å². The van der Waals surface area contributed by atoms with Crippen molar-refractivity contribution in [3.8, 4) is 0 Å². The number of allylic oxidation sites excluding steroid dienone is 1. The molecule has 0 aliphatic heterocycles. The van der Waals surface area contributed by atoms with Crippen LogP contribution in [-0.4, -0.2) is 6.29 Å². The third-order valence-electron chi connectivity index (χ3n) is 2.19. The Kier molecular flexibility index (Phi) is 8.36. The van der Waals surface area contributed by atoms with E-state index < -0.39 is 0 Å². The molecule has 0 aromatic heterocycles. The van der Waals surface area contributed by atoms with Crippen molar-refractivity contribution in [3.63, 3.8) is 0 Å². The van der Waals surface area contributed by atoms with Crippen LogP contribution in [0.15, 0.2) is 43.0 Å². The zero-order valence-electron chi connectivity index (χ0n) is 9.65. The topological polar surface area (TPSA) is 17.1 Å². The number of benzene rings is 1. The van der Waals surface area contributed by atoms with Crippen molar-refractivity contribution in [2.45, 2.75) is 32.6 Å². The first-order valence-electron chi connectivity index (χ1n) is 5.37. The summed E-state index contributed by atoms with van der Waals surface area (Å²) in [6.45, 7) is 7.64. The highest BCUT2D eigenvalue weighted by Crippen LogP contribution is 2.19. The maximum absolute atomic E-state index is 9.06. The van der Waals surface area contributed by atoms with Gasteiger partial charge in [0.2, 0.25) is 0 Å². The van der Waals surface area contributed by atoms with Gasteiger partial charge in [0, 0.05) is 0 Å². The molecule has 0 saturated heterocycles. The van der Waals surface area contributed by atoms with Crippen LogP contribution in [-0.2, 0) is 4.79 Å². The summed E-state index contributed by atoms with van der Waals surface area (Å²) in [4.78, 5) is 9.06. The van der Waals surface area contributed by atoms with Crippen LogP contribution in [0.5, 0.6) is 0 Å². The summed E-state index contributed by atoms with van der Waals surface area (Å²) in [5.74, 6) is 0.723. The third-order valence-corrected chi connectivity index (χ3v) is 2.19. The molecule has 1 heteroatoms. The van der Waals surface area contributed by atoms with Gasteiger partial charge in [0.05, 0.1) is 0 Å². The summed E-state index contributed by atoms with van der Waals surface area (Å²) in [7, 11) is 0. The van der Waals surface area contributed by atoms with Crippen molar-refractivity contribution < 1.29 is 4.79 Å². The first-order valence-corrected chi connectivity index (χ1v) is 5.37. The molecule has 15 heavy (non-hydrogen) atoms. The highest BCUT2D eigenvalue weighted by molar-refractivity contribution is 5.63. The SMILES string of the molecule is C=CC=O.CCCC(C)c1ccccc1. The van der Waals surface area contributed by atoms with Crippen molar-refractivity contribution in [1.82, 2.24) is 0 Å². The molecule has 1 rings (SSSR count). The van der Waals surface area contributed by atoms with Gasteiger partial charge in [-0.1, -0.05) is 57.2 Å². The molecule has 0 spiro atoms. The molecule has 1 unspecified atom stereocenters. The molecule has 1 nitrogen and oxygen atoms in total. The Morgan fingerprint density at radius 1 is 1.33 bits per heavy atom. The Morgan fingerprint density at radius 3 is 2.27 bits per heavy atom. The molecule has 1 atom stereocenters. The summed E-state index contributed by atoms with van der Waals surface area (Å²) >= 11 is 0. The summed E-state index contributed by atoms with van der Waals surface area (Å²) in [6, 6.07) is 10.7. The van der Waals surface area contributed by atoms with E-state index in [1.54, 1.807) is 0 Å². The molecule has 0 aliphatic rings. The van der Waals surface area contributed by atoms with E-state index in [0.717, 1.165) is 5.92 Å². The Bertz CT molecular complexity index is 258. The second-order valence-electron chi connectivity index (χ2n) is 3.47. The van der Waals surface area contributed by atoms with Crippen molar-refractivity contribution in [1.29, 1.82) is 0 Å². The van der Waals surface area contributed by atoms with Gasteiger partial charge in [0.25, 0.3) is 0 Å².